The molecule has 1 aliphatic carbocycles. The highest BCUT2D eigenvalue weighted by Gasteiger charge is 2.57. The number of rotatable bonds is 3. The maximum atomic E-state index is 12.5. The fraction of sp³-hybridized carbons (Fsp3) is 0.688. The molecule has 1 aromatic rings. The van der Waals surface area contributed by atoms with E-state index in [1.807, 2.05) is 11.3 Å². The van der Waals surface area contributed by atoms with Crippen molar-refractivity contribution in [3.63, 3.8) is 0 Å². The summed E-state index contributed by atoms with van der Waals surface area (Å²) >= 11 is 1.81. The second-order valence-electron chi connectivity index (χ2n) is 6.47. The molecule has 2 atom stereocenters. The quantitative estimate of drug-likeness (QED) is 0.899. The topological polar surface area (TPSA) is 41.1 Å². The normalized spacial score (nSPS) is 25.4. The minimum absolute atomic E-state index is 0.131. The molecular weight excluding hydrogens is 268 g/mol. The summed E-state index contributed by atoms with van der Waals surface area (Å²) in [5.74, 6) is 0.523. The number of hydrogen-bond acceptors (Lipinski definition) is 3. The van der Waals surface area contributed by atoms with Crippen molar-refractivity contribution in [2.75, 3.05) is 13.1 Å². The Hall–Kier alpha value is -0.870. The van der Waals surface area contributed by atoms with Gasteiger partial charge in [-0.2, -0.15) is 0 Å². The summed E-state index contributed by atoms with van der Waals surface area (Å²) in [6, 6.07) is 2.34. The number of piperidine rings is 1. The first kappa shape index (κ1) is 14.1. The fourth-order valence-electron chi connectivity index (χ4n) is 3.67. The first-order valence-electron chi connectivity index (χ1n) is 7.60. The van der Waals surface area contributed by atoms with E-state index in [1.54, 1.807) is 0 Å². The van der Waals surface area contributed by atoms with E-state index in [2.05, 4.69) is 37.5 Å². The molecule has 3 nitrogen and oxygen atoms in total. The van der Waals surface area contributed by atoms with Crippen LogP contribution in [0.2, 0.25) is 0 Å². The van der Waals surface area contributed by atoms with Gasteiger partial charge in [-0.15, -0.1) is 11.3 Å². The van der Waals surface area contributed by atoms with Gasteiger partial charge >= 0.3 is 0 Å². The van der Waals surface area contributed by atoms with E-state index in [4.69, 9.17) is 0 Å². The Balaban J connectivity index is 1.61. The zero-order valence-electron chi connectivity index (χ0n) is 12.6. The van der Waals surface area contributed by atoms with E-state index in [-0.39, 0.29) is 17.9 Å². The molecule has 2 heterocycles. The van der Waals surface area contributed by atoms with Crippen molar-refractivity contribution in [2.45, 2.75) is 46.1 Å². The molecular formula is C16H24N2OS. The largest absolute Gasteiger partial charge is 0.349 e. The summed E-state index contributed by atoms with van der Waals surface area (Å²) in [4.78, 5) is 15.1. The lowest BCUT2D eigenvalue weighted by Crippen LogP contribution is -2.34. The zero-order chi connectivity index (χ0) is 14.3. The maximum Gasteiger partial charge on any atom is 0.224 e. The summed E-state index contributed by atoms with van der Waals surface area (Å²) in [5.41, 5.74) is 1.61. The van der Waals surface area contributed by atoms with Gasteiger partial charge in [-0.25, -0.2) is 0 Å². The third kappa shape index (κ3) is 2.51. The van der Waals surface area contributed by atoms with Crippen molar-refractivity contribution in [3.8, 4) is 0 Å². The molecule has 1 saturated carbocycles. The third-order valence-corrected chi connectivity index (χ3v) is 5.99. The van der Waals surface area contributed by atoms with Crippen molar-refractivity contribution in [2.24, 2.45) is 11.3 Å². The molecule has 1 aliphatic heterocycles. The maximum absolute atomic E-state index is 12.5. The Bertz CT molecular complexity index is 517. The van der Waals surface area contributed by atoms with Crippen molar-refractivity contribution < 1.29 is 4.79 Å². The first-order chi connectivity index (χ1) is 9.52. The van der Waals surface area contributed by atoms with Crippen LogP contribution >= 0.6 is 11.3 Å². The minimum atomic E-state index is 0.131. The lowest BCUT2D eigenvalue weighted by atomic mass is 9.91. The van der Waals surface area contributed by atoms with Crippen molar-refractivity contribution in [1.82, 2.24) is 10.6 Å². The summed E-state index contributed by atoms with van der Waals surface area (Å²) in [7, 11) is 0. The van der Waals surface area contributed by atoms with E-state index >= 15 is 0 Å². The number of thiophene rings is 1. The van der Waals surface area contributed by atoms with Crippen LogP contribution in [0.4, 0.5) is 0 Å². The highest BCUT2D eigenvalue weighted by molar-refractivity contribution is 7.12. The van der Waals surface area contributed by atoms with Crippen molar-refractivity contribution >= 4 is 17.2 Å². The Morgan fingerprint density at radius 2 is 2.15 bits per heavy atom. The van der Waals surface area contributed by atoms with Crippen LogP contribution in [-0.4, -0.2) is 19.0 Å². The summed E-state index contributed by atoms with van der Waals surface area (Å²) in [6.45, 7) is 8.51. The van der Waals surface area contributed by atoms with Gasteiger partial charge in [0, 0.05) is 15.7 Å². The molecule has 1 aromatic heterocycles. The van der Waals surface area contributed by atoms with Gasteiger partial charge in [0.15, 0.2) is 0 Å². The second-order valence-corrected chi connectivity index (χ2v) is 7.93. The van der Waals surface area contributed by atoms with Crippen LogP contribution in [0.3, 0.4) is 0 Å². The van der Waals surface area contributed by atoms with E-state index in [0.29, 0.717) is 5.41 Å². The molecule has 1 saturated heterocycles. The number of hydrogen-bond donors (Lipinski definition) is 2. The number of carbonyl (C=O) groups is 1. The molecule has 1 amide bonds. The second kappa shape index (κ2) is 5.15. The van der Waals surface area contributed by atoms with E-state index < -0.39 is 0 Å². The molecule has 110 valence electrons. The van der Waals surface area contributed by atoms with Gasteiger partial charge in [-0.05, 0) is 70.2 Å². The third-order valence-electron chi connectivity index (χ3n) is 5.01. The number of carbonyl (C=O) groups excluding carboxylic acids is 1. The van der Waals surface area contributed by atoms with Crippen LogP contribution in [0.5, 0.6) is 0 Å². The highest BCUT2D eigenvalue weighted by atomic mass is 32.1. The Kier molecular flexibility index (Phi) is 3.63. The van der Waals surface area contributed by atoms with Crippen LogP contribution in [0.15, 0.2) is 6.07 Å². The monoisotopic (exact) mass is 292 g/mol. The predicted molar refractivity (Wildman–Crippen MR) is 83.0 cm³/mol. The molecule has 1 spiro atoms. The lowest BCUT2D eigenvalue weighted by molar-refractivity contribution is -0.123. The van der Waals surface area contributed by atoms with Gasteiger partial charge in [-0.3, -0.25) is 4.79 Å². The van der Waals surface area contributed by atoms with Crippen LogP contribution in [0.1, 0.15) is 47.5 Å². The molecule has 0 radical (unpaired) electrons. The van der Waals surface area contributed by atoms with Crippen LogP contribution in [-0.2, 0) is 4.79 Å². The average Bonchev–Trinajstić information content (AvgIpc) is 2.98. The Morgan fingerprint density at radius 1 is 1.45 bits per heavy atom. The molecule has 3 rings (SSSR count). The molecule has 0 aromatic carbocycles. The zero-order valence-corrected chi connectivity index (χ0v) is 13.4. The molecule has 0 bridgehead atoms. The molecule has 20 heavy (non-hydrogen) atoms. The summed E-state index contributed by atoms with van der Waals surface area (Å²) in [5, 5.41) is 6.62. The molecule has 2 aliphatic rings. The number of amides is 1. The standard InChI is InChI=1S/C16H24N2OS/c1-10-8-13(12(3)20-10)11(2)18-15(19)14-9-16(14)4-6-17-7-5-16/h8,11,14,17H,4-7,9H2,1-3H3,(H,18,19). The van der Waals surface area contributed by atoms with Crippen molar-refractivity contribution in [1.29, 1.82) is 0 Å². The van der Waals surface area contributed by atoms with Gasteiger partial charge in [0.05, 0.1) is 6.04 Å². The van der Waals surface area contributed by atoms with Gasteiger partial charge in [-0.1, -0.05) is 0 Å². The number of nitrogens with one attached hydrogen (secondary N) is 2. The average molecular weight is 292 g/mol. The van der Waals surface area contributed by atoms with Crippen LogP contribution in [0, 0.1) is 25.2 Å². The Morgan fingerprint density at radius 3 is 2.75 bits per heavy atom. The summed E-state index contributed by atoms with van der Waals surface area (Å²) in [6.07, 6.45) is 3.42. The van der Waals surface area contributed by atoms with Crippen molar-refractivity contribution in [3.05, 3.63) is 21.4 Å². The molecule has 4 heteroatoms. The van der Waals surface area contributed by atoms with E-state index in [1.165, 1.54) is 15.3 Å². The SMILES string of the molecule is Cc1cc(C(C)NC(=O)C2CC23CCNCC3)c(C)s1. The summed E-state index contributed by atoms with van der Waals surface area (Å²) < 4.78 is 0. The van der Waals surface area contributed by atoms with Crippen LogP contribution in [0.25, 0.3) is 0 Å². The number of aryl methyl sites for hydroxylation is 2. The predicted octanol–water partition coefficient (Wildman–Crippen LogP) is 2.93. The van der Waals surface area contributed by atoms with E-state index in [0.717, 1.165) is 32.4 Å². The van der Waals surface area contributed by atoms with Gasteiger partial charge in [0.2, 0.25) is 5.91 Å². The smallest absolute Gasteiger partial charge is 0.224 e. The lowest BCUT2D eigenvalue weighted by Gasteiger charge is -2.23. The highest BCUT2D eigenvalue weighted by Crippen LogP contribution is 2.58. The van der Waals surface area contributed by atoms with Gasteiger partial charge in [0.25, 0.3) is 0 Å². The molecule has 2 N–H and O–H groups in total. The Labute approximate surface area is 125 Å². The van der Waals surface area contributed by atoms with Gasteiger partial charge < -0.3 is 10.6 Å². The fourth-order valence-corrected chi connectivity index (χ4v) is 4.69. The minimum Gasteiger partial charge on any atom is -0.349 e. The molecule has 2 unspecified atom stereocenters. The van der Waals surface area contributed by atoms with Gasteiger partial charge in [0.1, 0.15) is 0 Å². The van der Waals surface area contributed by atoms with E-state index in [9.17, 15) is 4.79 Å². The first-order valence-corrected chi connectivity index (χ1v) is 8.41. The van der Waals surface area contributed by atoms with Crippen LogP contribution < -0.4 is 10.6 Å². The molecule has 2 fully saturated rings.